The van der Waals surface area contributed by atoms with Crippen molar-refractivity contribution in [3.8, 4) is 11.3 Å². The molecule has 2 aromatic heterocycles. The zero-order valence-electron chi connectivity index (χ0n) is 11.7. The molecular formula is C16H16ClN3. The van der Waals surface area contributed by atoms with Crippen LogP contribution in [0.2, 0.25) is 5.02 Å². The second-order valence-corrected chi connectivity index (χ2v) is 5.61. The number of nitrogens with two attached hydrogens (primary N) is 1. The predicted molar refractivity (Wildman–Crippen MR) is 84.3 cm³/mol. The van der Waals surface area contributed by atoms with Crippen LogP contribution in [0.15, 0.2) is 30.5 Å². The molecule has 0 atom stereocenters. The second kappa shape index (κ2) is 4.53. The predicted octanol–water partition coefficient (Wildman–Crippen LogP) is 4.16. The van der Waals surface area contributed by atoms with Gasteiger partial charge < -0.3 is 10.1 Å². The van der Waals surface area contributed by atoms with Gasteiger partial charge in [0, 0.05) is 17.5 Å². The van der Waals surface area contributed by atoms with Gasteiger partial charge >= 0.3 is 0 Å². The number of pyridine rings is 1. The van der Waals surface area contributed by atoms with Crippen LogP contribution in [0.25, 0.3) is 16.9 Å². The lowest BCUT2D eigenvalue weighted by molar-refractivity contribution is 1.11. The van der Waals surface area contributed by atoms with Gasteiger partial charge in [-0.1, -0.05) is 35.4 Å². The molecule has 0 fully saturated rings. The second-order valence-electron chi connectivity index (χ2n) is 5.17. The molecule has 0 aliphatic rings. The van der Waals surface area contributed by atoms with Crippen molar-refractivity contribution in [2.45, 2.75) is 20.8 Å². The minimum atomic E-state index is 0.594. The molecule has 20 heavy (non-hydrogen) atoms. The number of nitrogen functional groups attached to an aromatic ring is 1. The number of hydrogen-bond donors (Lipinski definition) is 1. The number of halogens is 1. The Hall–Kier alpha value is -2.00. The van der Waals surface area contributed by atoms with Crippen molar-refractivity contribution in [1.82, 2.24) is 9.38 Å². The van der Waals surface area contributed by atoms with Crippen LogP contribution < -0.4 is 5.73 Å². The number of anilines is 1. The maximum Gasteiger partial charge on any atom is 0.161 e. The Bertz CT molecular complexity index is 818. The maximum absolute atomic E-state index is 6.07. The van der Waals surface area contributed by atoms with Gasteiger partial charge in [0.25, 0.3) is 0 Å². The standard InChI is InChI=1S/C16H16ClN3/c1-9-4-5-13(10(2)6-9)15-11(3)20-8-12(17)7-14(18)16(20)19-15/h4-8H,18H2,1-3H3. The Labute approximate surface area is 123 Å². The fourth-order valence-electron chi connectivity index (χ4n) is 2.58. The minimum Gasteiger partial charge on any atom is -0.396 e. The zero-order valence-corrected chi connectivity index (χ0v) is 12.5. The van der Waals surface area contributed by atoms with Gasteiger partial charge in [-0.15, -0.1) is 0 Å². The van der Waals surface area contributed by atoms with Crippen LogP contribution in [-0.2, 0) is 0 Å². The number of nitrogens with zero attached hydrogens (tertiary/aromatic N) is 2. The van der Waals surface area contributed by atoms with Crippen LogP contribution in [0.4, 0.5) is 5.69 Å². The van der Waals surface area contributed by atoms with E-state index in [4.69, 9.17) is 22.3 Å². The Morgan fingerprint density at radius 2 is 1.90 bits per heavy atom. The molecule has 2 N–H and O–H groups in total. The number of fused-ring (bicyclic) bond motifs is 1. The summed E-state index contributed by atoms with van der Waals surface area (Å²) in [6.45, 7) is 6.22. The van der Waals surface area contributed by atoms with E-state index in [9.17, 15) is 0 Å². The highest BCUT2D eigenvalue weighted by atomic mass is 35.5. The fraction of sp³-hybridized carbons (Fsp3) is 0.188. The van der Waals surface area contributed by atoms with Gasteiger partial charge in [0.15, 0.2) is 5.65 Å². The lowest BCUT2D eigenvalue weighted by Gasteiger charge is -2.05. The summed E-state index contributed by atoms with van der Waals surface area (Å²) in [5.74, 6) is 0. The molecule has 0 aliphatic heterocycles. The molecule has 0 saturated carbocycles. The number of aromatic nitrogens is 2. The molecule has 1 aromatic carbocycles. The molecule has 0 unspecified atom stereocenters. The molecule has 3 rings (SSSR count). The molecule has 0 saturated heterocycles. The summed E-state index contributed by atoms with van der Waals surface area (Å²) >= 11 is 6.07. The number of rotatable bonds is 1. The average Bonchev–Trinajstić information content (AvgIpc) is 2.68. The lowest BCUT2D eigenvalue weighted by Crippen LogP contribution is -1.93. The molecule has 4 heteroatoms. The van der Waals surface area contributed by atoms with Crippen LogP contribution in [0.3, 0.4) is 0 Å². The molecule has 0 spiro atoms. The van der Waals surface area contributed by atoms with Gasteiger partial charge in [-0.2, -0.15) is 0 Å². The lowest BCUT2D eigenvalue weighted by atomic mass is 10.0. The van der Waals surface area contributed by atoms with E-state index < -0.39 is 0 Å². The first kappa shape index (κ1) is 13.0. The van der Waals surface area contributed by atoms with Crippen LogP contribution in [0, 0.1) is 20.8 Å². The van der Waals surface area contributed by atoms with E-state index in [-0.39, 0.29) is 0 Å². The van der Waals surface area contributed by atoms with E-state index in [1.807, 2.05) is 17.5 Å². The number of aryl methyl sites for hydroxylation is 3. The molecular weight excluding hydrogens is 270 g/mol. The first-order chi connectivity index (χ1) is 9.47. The van der Waals surface area contributed by atoms with E-state index in [1.54, 1.807) is 6.07 Å². The molecule has 102 valence electrons. The smallest absolute Gasteiger partial charge is 0.161 e. The highest BCUT2D eigenvalue weighted by molar-refractivity contribution is 6.30. The SMILES string of the molecule is Cc1ccc(-c2nc3c(N)cc(Cl)cn3c2C)c(C)c1. The molecule has 3 aromatic rings. The van der Waals surface area contributed by atoms with Crippen molar-refractivity contribution in [3.05, 3.63) is 52.3 Å². The average molecular weight is 286 g/mol. The third kappa shape index (κ3) is 1.95. The molecule has 0 aliphatic carbocycles. The molecule has 0 amide bonds. The molecule has 0 bridgehead atoms. The maximum atomic E-state index is 6.07. The van der Waals surface area contributed by atoms with Gasteiger partial charge in [-0.05, 0) is 32.4 Å². The van der Waals surface area contributed by atoms with Gasteiger partial charge in [0.1, 0.15) is 0 Å². The van der Waals surface area contributed by atoms with Crippen molar-refractivity contribution in [3.63, 3.8) is 0 Å². The molecule has 0 radical (unpaired) electrons. The Kier molecular flexibility index (Phi) is 2.94. The van der Waals surface area contributed by atoms with Crippen molar-refractivity contribution in [1.29, 1.82) is 0 Å². The summed E-state index contributed by atoms with van der Waals surface area (Å²) < 4.78 is 1.95. The van der Waals surface area contributed by atoms with Crippen molar-refractivity contribution < 1.29 is 0 Å². The topological polar surface area (TPSA) is 43.3 Å². The fourth-order valence-corrected chi connectivity index (χ4v) is 2.80. The van der Waals surface area contributed by atoms with E-state index in [0.29, 0.717) is 10.7 Å². The zero-order chi connectivity index (χ0) is 14.4. The number of imidazole rings is 1. The third-order valence-electron chi connectivity index (χ3n) is 3.59. The Balaban J connectivity index is 2.32. The summed E-state index contributed by atoms with van der Waals surface area (Å²) in [7, 11) is 0. The summed E-state index contributed by atoms with van der Waals surface area (Å²) in [6, 6.07) is 8.10. The summed E-state index contributed by atoms with van der Waals surface area (Å²) in [5.41, 5.74) is 12.9. The summed E-state index contributed by atoms with van der Waals surface area (Å²) in [6.07, 6.45) is 1.85. The van der Waals surface area contributed by atoms with E-state index >= 15 is 0 Å². The minimum absolute atomic E-state index is 0.594. The highest BCUT2D eigenvalue weighted by Gasteiger charge is 2.14. The Morgan fingerprint density at radius 1 is 1.15 bits per heavy atom. The largest absolute Gasteiger partial charge is 0.396 e. The summed E-state index contributed by atoms with van der Waals surface area (Å²) in [4.78, 5) is 4.69. The van der Waals surface area contributed by atoms with Gasteiger partial charge in [0.2, 0.25) is 0 Å². The van der Waals surface area contributed by atoms with Gasteiger partial charge in [0.05, 0.1) is 16.4 Å². The third-order valence-corrected chi connectivity index (χ3v) is 3.80. The van der Waals surface area contributed by atoms with E-state index in [2.05, 4.69) is 32.0 Å². The molecule has 2 heterocycles. The number of benzene rings is 1. The van der Waals surface area contributed by atoms with Crippen LogP contribution in [0.1, 0.15) is 16.8 Å². The quantitative estimate of drug-likeness (QED) is 0.729. The number of hydrogen-bond acceptors (Lipinski definition) is 2. The normalized spacial score (nSPS) is 11.2. The van der Waals surface area contributed by atoms with Crippen LogP contribution in [-0.4, -0.2) is 9.38 Å². The van der Waals surface area contributed by atoms with Crippen molar-refractivity contribution in [2.75, 3.05) is 5.73 Å². The summed E-state index contributed by atoms with van der Waals surface area (Å²) in [5, 5.41) is 0.614. The first-order valence-corrected chi connectivity index (χ1v) is 6.86. The molecule has 3 nitrogen and oxygen atoms in total. The monoisotopic (exact) mass is 285 g/mol. The van der Waals surface area contributed by atoms with Crippen LogP contribution >= 0.6 is 11.6 Å². The first-order valence-electron chi connectivity index (χ1n) is 6.48. The van der Waals surface area contributed by atoms with Crippen LogP contribution in [0.5, 0.6) is 0 Å². The Morgan fingerprint density at radius 3 is 2.60 bits per heavy atom. The van der Waals surface area contributed by atoms with Gasteiger partial charge in [-0.25, -0.2) is 4.98 Å². The van der Waals surface area contributed by atoms with Crippen molar-refractivity contribution in [2.24, 2.45) is 0 Å². The van der Waals surface area contributed by atoms with Gasteiger partial charge in [-0.3, -0.25) is 0 Å². The van der Waals surface area contributed by atoms with Crippen molar-refractivity contribution >= 4 is 22.9 Å². The van der Waals surface area contributed by atoms with E-state index in [0.717, 1.165) is 22.6 Å². The highest BCUT2D eigenvalue weighted by Crippen LogP contribution is 2.30. The van der Waals surface area contributed by atoms with E-state index in [1.165, 1.54) is 11.1 Å².